The van der Waals surface area contributed by atoms with Crippen molar-refractivity contribution in [2.24, 2.45) is 5.92 Å². The summed E-state index contributed by atoms with van der Waals surface area (Å²) in [6.45, 7) is 2.43. The monoisotopic (exact) mass is 272 g/mol. The molecular weight excluding hydrogens is 260 g/mol. The highest BCUT2D eigenvalue weighted by molar-refractivity contribution is 6.18. The normalized spacial score (nSPS) is 19.3. The Bertz CT molecular complexity index is 460. The van der Waals surface area contributed by atoms with E-state index in [1.807, 2.05) is 0 Å². The van der Waals surface area contributed by atoms with Gasteiger partial charge in [-0.3, -0.25) is 9.69 Å². The van der Waals surface area contributed by atoms with Gasteiger partial charge in [-0.2, -0.15) is 4.98 Å². The fourth-order valence-corrected chi connectivity index (χ4v) is 1.96. The Morgan fingerprint density at radius 1 is 1.72 bits per heavy atom. The molecule has 1 unspecified atom stereocenters. The van der Waals surface area contributed by atoms with Crippen molar-refractivity contribution in [1.29, 1.82) is 0 Å². The second kappa shape index (κ2) is 5.39. The van der Waals surface area contributed by atoms with Gasteiger partial charge in [0.15, 0.2) is 5.69 Å². The maximum absolute atomic E-state index is 11.7. The fourth-order valence-electron chi connectivity index (χ4n) is 1.76. The van der Waals surface area contributed by atoms with Crippen LogP contribution < -0.4 is 4.90 Å². The van der Waals surface area contributed by atoms with E-state index in [9.17, 15) is 9.59 Å². The number of ether oxygens (including phenoxy) is 1. The van der Waals surface area contributed by atoms with Gasteiger partial charge in [-0.15, -0.1) is 11.6 Å². The summed E-state index contributed by atoms with van der Waals surface area (Å²) in [7, 11) is 0. The van der Waals surface area contributed by atoms with E-state index < -0.39 is 5.97 Å². The molecule has 1 fully saturated rings. The third-order valence-corrected chi connectivity index (χ3v) is 3.07. The Kier molecular flexibility index (Phi) is 3.86. The molecule has 7 heteroatoms. The lowest BCUT2D eigenvalue weighted by Crippen LogP contribution is -2.25. The summed E-state index contributed by atoms with van der Waals surface area (Å²) < 4.78 is 9.92. The molecule has 1 aliphatic heterocycles. The van der Waals surface area contributed by atoms with Crippen LogP contribution in [0.5, 0.6) is 0 Å². The third-order valence-electron chi connectivity index (χ3n) is 2.63. The average Bonchev–Trinajstić information content (AvgIpc) is 2.95. The van der Waals surface area contributed by atoms with E-state index in [-0.39, 0.29) is 30.1 Å². The van der Waals surface area contributed by atoms with Crippen LogP contribution in [0.25, 0.3) is 0 Å². The average molecular weight is 273 g/mol. The van der Waals surface area contributed by atoms with Crippen LogP contribution in [0.3, 0.4) is 0 Å². The topological polar surface area (TPSA) is 72.6 Å². The molecule has 0 N–H and O–H groups in total. The number of hydrogen-bond donors (Lipinski definition) is 0. The Labute approximate surface area is 109 Å². The zero-order valence-electron chi connectivity index (χ0n) is 9.89. The van der Waals surface area contributed by atoms with Gasteiger partial charge in [0.25, 0.3) is 0 Å². The van der Waals surface area contributed by atoms with E-state index in [1.54, 1.807) is 6.92 Å². The predicted molar refractivity (Wildman–Crippen MR) is 63.6 cm³/mol. The number of aromatic nitrogens is 1. The van der Waals surface area contributed by atoms with Crippen LogP contribution in [0.4, 0.5) is 6.01 Å². The number of halogens is 1. The number of nitrogens with zero attached hydrogens (tertiary/aromatic N) is 2. The smallest absolute Gasteiger partial charge is 0.360 e. The summed E-state index contributed by atoms with van der Waals surface area (Å²) in [6, 6.07) is 0.121. The van der Waals surface area contributed by atoms with Gasteiger partial charge in [0.2, 0.25) is 5.91 Å². The molecule has 2 rings (SSSR count). The van der Waals surface area contributed by atoms with E-state index >= 15 is 0 Å². The number of carbonyl (C=O) groups is 2. The molecule has 0 spiro atoms. The number of rotatable bonds is 4. The number of amides is 1. The van der Waals surface area contributed by atoms with Gasteiger partial charge in [0, 0.05) is 18.8 Å². The Hall–Kier alpha value is -1.56. The van der Waals surface area contributed by atoms with Crippen LogP contribution in [0, 0.1) is 5.92 Å². The maximum atomic E-state index is 11.7. The molecule has 1 aromatic heterocycles. The van der Waals surface area contributed by atoms with Crippen LogP contribution >= 0.6 is 11.6 Å². The highest BCUT2D eigenvalue weighted by Crippen LogP contribution is 2.25. The first-order valence-corrected chi connectivity index (χ1v) is 6.18. The van der Waals surface area contributed by atoms with E-state index in [4.69, 9.17) is 20.8 Å². The first kappa shape index (κ1) is 12.9. The van der Waals surface area contributed by atoms with E-state index in [0.29, 0.717) is 18.8 Å². The van der Waals surface area contributed by atoms with Crippen LogP contribution in [-0.4, -0.2) is 35.9 Å². The van der Waals surface area contributed by atoms with Crippen molar-refractivity contribution in [1.82, 2.24) is 4.98 Å². The van der Waals surface area contributed by atoms with Crippen LogP contribution in [-0.2, 0) is 9.53 Å². The molecule has 98 valence electrons. The van der Waals surface area contributed by atoms with Gasteiger partial charge in [-0.05, 0) is 12.8 Å². The molecule has 6 nitrogen and oxygen atoms in total. The SMILES string of the molecule is CCOC(=O)c1coc(N2CC(CCl)CC2=O)n1. The van der Waals surface area contributed by atoms with Crippen LogP contribution in [0.2, 0.25) is 0 Å². The molecule has 1 aromatic rings. The number of hydrogen-bond acceptors (Lipinski definition) is 5. The minimum Gasteiger partial charge on any atom is -0.461 e. The molecule has 1 aliphatic rings. The van der Waals surface area contributed by atoms with Gasteiger partial charge in [-0.25, -0.2) is 4.79 Å². The summed E-state index contributed by atoms with van der Waals surface area (Å²) >= 11 is 5.72. The number of esters is 1. The number of oxazole rings is 1. The van der Waals surface area contributed by atoms with Crippen LogP contribution in [0.15, 0.2) is 10.7 Å². The maximum Gasteiger partial charge on any atom is 0.360 e. The third kappa shape index (κ3) is 2.48. The number of alkyl halides is 1. The zero-order chi connectivity index (χ0) is 13.1. The number of carbonyl (C=O) groups excluding carboxylic acids is 2. The van der Waals surface area contributed by atoms with Gasteiger partial charge < -0.3 is 9.15 Å². The molecule has 1 saturated heterocycles. The first-order chi connectivity index (χ1) is 8.65. The lowest BCUT2D eigenvalue weighted by Gasteiger charge is -2.10. The lowest BCUT2D eigenvalue weighted by atomic mass is 10.2. The zero-order valence-corrected chi connectivity index (χ0v) is 10.6. The molecule has 0 radical (unpaired) electrons. The van der Waals surface area contributed by atoms with Crippen molar-refractivity contribution >= 4 is 29.5 Å². The molecule has 0 saturated carbocycles. The Morgan fingerprint density at radius 2 is 2.50 bits per heavy atom. The van der Waals surface area contributed by atoms with Gasteiger partial charge in [-0.1, -0.05) is 0 Å². The molecule has 0 bridgehead atoms. The largest absolute Gasteiger partial charge is 0.461 e. The molecular formula is C11H13ClN2O4. The van der Waals surface area contributed by atoms with Crippen molar-refractivity contribution in [3.05, 3.63) is 12.0 Å². The molecule has 1 atom stereocenters. The first-order valence-electron chi connectivity index (χ1n) is 5.64. The quantitative estimate of drug-likeness (QED) is 0.613. The van der Waals surface area contributed by atoms with E-state index in [0.717, 1.165) is 0 Å². The predicted octanol–water partition coefficient (Wildman–Crippen LogP) is 1.44. The van der Waals surface area contributed by atoms with Crippen molar-refractivity contribution < 1.29 is 18.7 Å². The summed E-state index contributed by atoms with van der Waals surface area (Å²) in [5.74, 6) is -0.156. The van der Waals surface area contributed by atoms with E-state index in [1.165, 1.54) is 11.2 Å². The Morgan fingerprint density at radius 3 is 3.11 bits per heavy atom. The van der Waals surface area contributed by atoms with Crippen molar-refractivity contribution in [2.45, 2.75) is 13.3 Å². The second-order valence-electron chi connectivity index (χ2n) is 3.96. The fraction of sp³-hybridized carbons (Fsp3) is 0.545. The minimum atomic E-state index is -0.562. The highest BCUT2D eigenvalue weighted by atomic mass is 35.5. The van der Waals surface area contributed by atoms with Crippen molar-refractivity contribution in [3.63, 3.8) is 0 Å². The van der Waals surface area contributed by atoms with E-state index in [2.05, 4.69) is 4.98 Å². The molecule has 0 aromatic carbocycles. The van der Waals surface area contributed by atoms with Crippen LogP contribution in [0.1, 0.15) is 23.8 Å². The standard InChI is InChI=1S/C11H13ClN2O4/c1-2-17-10(16)8-6-18-11(13-8)14-5-7(4-12)3-9(14)15/h6-7H,2-5H2,1H3. The summed E-state index contributed by atoms with van der Waals surface area (Å²) in [4.78, 5) is 28.5. The molecule has 2 heterocycles. The van der Waals surface area contributed by atoms with Crippen molar-refractivity contribution in [3.8, 4) is 0 Å². The summed E-state index contributed by atoms with van der Waals surface area (Å²) in [5, 5.41) is 0. The number of anilines is 1. The Balaban J connectivity index is 2.11. The highest BCUT2D eigenvalue weighted by Gasteiger charge is 2.33. The second-order valence-corrected chi connectivity index (χ2v) is 4.27. The molecule has 0 aliphatic carbocycles. The molecule has 18 heavy (non-hydrogen) atoms. The minimum absolute atomic E-state index is 0.0639. The van der Waals surface area contributed by atoms with Crippen molar-refractivity contribution in [2.75, 3.05) is 23.9 Å². The summed E-state index contributed by atoms with van der Waals surface area (Å²) in [5.41, 5.74) is 0.0639. The lowest BCUT2D eigenvalue weighted by molar-refractivity contribution is -0.117. The van der Waals surface area contributed by atoms with Gasteiger partial charge >= 0.3 is 12.0 Å². The van der Waals surface area contributed by atoms with Gasteiger partial charge in [0.1, 0.15) is 6.26 Å². The molecule has 1 amide bonds. The summed E-state index contributed by atoms with van der Waals surface area (Å²) in [6.07, 6.45) is 1.56. The van der Waals surface area contributed by atoms with Gasteiger partial charge in [0.05, 0.1) is 6.61 Å².